The van der Waals surface area contributed by atoms with Gasteiger partial charge < -0.3 is 9.72 Å². The number of aromatic nitrogens is 2. The van der Waals surface area contributed by atoms with Crippen LogP contribution in [0.3, 0.4) is 0 Å². The van der Waals surface area contributed by atoms with Crippen LogP contribution < -0.4 is 0 Å². The number of thioether (sulfide) groups is 1. The van der Waals surface area contributed by atoms with Gasteiger partial charge in [0.15, 0.2) is 5.44 Å². The Balaban J connectivity index is 2.24. The SMILES string of the molecule is COC(SC)C(=O)c1[nH]c2ccccc2c1-c1ccccn1. The molecule has 2 aromatic heterocycles. The molecule has 1 aromatic carbocycles. The highest BCUT2D eigenvalue weighted by atomic mass is 32.2. The number of methoxy groups -OCH3 is 1. The summed E-state index contributed by atoms with van der Waals surface area (Å²) < 4.78 is 5.28. The van der Waals surface area contributed by atoms with Gasteiger partial charge in [-0.15, -0.1) is 11.8 Å². The van der Waals surface area contributed by atoms with Gasteiger partial charge in [0, 0.05) is 29.8 Å². The fourth-order valence-electron chi connectivity index (χ4n) is 2.53. The maximum Gasteiger partial charge on any atom is 0.218 e. The summed E-state index contributed by atoms with van der Waals surface area (Å²) in [7, 11) is 1.54. The van der Waals surface area contributed by atoms with Crippen LogP contribution in [0.4, 0.5) is 0 Å². The average Bonchev–Trinajstić information content (AvgIpc) is 2.96. The molecule has 22 heavy (non-hydrogen) atoms. The van der Waals surface area contributed by atoms with E-state index in [4.69, 9.17) is 4.74 Å². The second kappa shape index (κ2) is 6.34. The van der Waals surface area contributed by atoms with Crippen LogP contribution in [0.5, 0.6) is 0 Å². The number of ketones is 1. The molecule has 4 nitrogen and oxygen atoms in total. The number of rotatable bonds is 5. The Bertz CT molecular complexity index is 795. The van der Waals surface area contributed by atoms with Gasteiger partial charge in [-0.2, -0.15) is 0 Å². The molecular formula is C17H16N2O2S. The number of hydrogen-bond acceptors (Lipinski definition) is 4. The van der Waals surface area contributed by atoms with E-state index in [1.165, 1.54) is 11.8 Å². The Morgan fingerprint density at radius 2 is 2.00 bits per heavy atom. The first-order valence-electron chi connectivity index (χ1n) is 6.88. The largest absolute Gasteiger partial charge is 0.362 e. The summed E-state index contributed by atoms with van der Waals surface area (Å²) in [5, 5.41) is 0.987. The zero-order valence-electron chi connectivity index (χ0n) is 12.4. The smallest absolute Gasteiger partial charge is 0.218 e. The predicted molar refractivity (Wildman–Crippen MR) is 90.2 cm³/mol. The van der Waals surface area contributed by atoms with Gasteiger partial charge in [0.05, 0.1) is 11.4 Å². The van der Waals surface area contributed by atoms with Gasteiger partial charge in [0.1, 0.15) is 0 Å². The third-order valence-corrected chi connectivity index (χ3v) is 4.35. The van der Waals surface area contributed by atoms with Gasteiger partial charge in [-0.25, -0.2) is 0 Å². The number of aromatic amines is 1. The number of pyridine rings is 1. The molecule has 1 atom stereocenters. The number of nitrogens with zero attached hydrogens (tertiary/aromatic N) is 1. The monoisotopic (exact) mass is 312 g/mol. The second-order valence-corrected chi connectivity index (χ2v) is 5.70. The molecular weight excluding hydrogens is 296 g/mol. The number of nitrogens with one attached hydrogen (secondary N) is 1. The molecule has 1 N–H and O–H groups in total. The van der Waals surface area contributed by atoms with Gasteiger partial charge in [0.25, 0.3) is 0 Å². The summed E-state index contributed by atoms with van der Waals surface area (Å²) in [6, 6.07) is 13.5. The van der Waals surface area contributed by atoms with E-state index >= 15 is 0 Å². The summed E-state index contributed by atoms with van der Waals surface area (Å²) in [4.78, 5) is 20.4. The molecule has 5 heteroatoms. The lowest BCUT2D eigenvalue weighted by Crippen LogP contribution is -2.20. The van der Waals surface area contributed by atoms with Crippen LogP contribution in [0.2, 0.25) is 0 Å². The van der Waals surface area contributed by atoms with Crippen molar-refractivity contribution in [2.75, 3.05) is 13.4 Å². The van der Waals surface area contributed by atoms with Crippen molar-refractivity contribution in [3.05, 3.63) is 54.4 Å². The zero-order valence-corrected chi connectivity index (χ0v) is 13.2. The number of para-hydroxylation sites is 1. The van der Waals surface area contributed by atoms with Crippen molar-refractivity contribution in [1.82, 2.24) is 9.97 Å². The molecule has 0 amide bonds. The highest BCUT2D eigenvalue weighted by Crippen LogP contribution is 2.32. The first-order chi connectivity index (χ1) is 10.8. The van der Waals surface area contributed by atoms with Crippen molar-refractivity contribution < 1.29 is 9.53 Å². The Kier molecular flexibility index (Phi) is 4.27. The molecule has 0 spiro atoms. The topological polar surface area (TPSA) is 55.0 Å². The lowest BCUT2D eigenvalue weighted by molar-refractivity contribution is 0.0791. The third-order valence-electron chi connectivity index (χ3n) is 3.52. The lowest BCUT2D eigenvalue weighted by Gasteiger charge is -2.11. The Labute approximate surface area is 132 Å². The van der Waals surface area contributed by atoms with E-state index in [0.717, 1.165) is 22.2 Å². The Morgan fingerprint density at radius 1 is 1.23 bits per heavy atom. The number of benzene rings is 1. The minimum absolute atomic E-state index is 0.0770. The van der Waals surface area contributed by atoms with Gasteiger partial charge in [-0.05, 0) is 24.5 Å². The molecule has 0 aliphatic heterocycles. The number of Topliss-reactive ketones (excluding diaryl/α,β-unsaturated/α-hetero) is 1. The fraction of sp³-hybridized carbons (Fsp3) is 0.176. The van der Waals surface area contributed by atoms with E-state index in [1.807, 2.05) is 48.7 Å². The minimum atomic E-state index is -0.532. The molecule has 0 radical (unpaired) electrons. The van der Waals surface area contributed by atoms with Crippen LogP contribution in [-0.2, 0) is 4.74 Å². The maximum absolute atomic E-state index is 12.8. The van der Waals surface area contributed by atoms with Crippen LogP contribution in [0, 0.1) is 0 Å². The van der Waals surface area contributed by atoms with Crippen molar-refractivity contribution >= 4 is 28.4 Å². The van der Waals surface area contributed by atoms with Gasteiger partial charge in [-0.3, -0.25) is 9.78 Å². The zero-order chi connectivity index (χ0) is 15.5. The summed E-state index contributed by atoms with van der Waals surface area (Å²) in [6.07, 6.45) is 3.59. The molecule has 0 fully saturated rings. The van der Waals surface area contributed by atoms with Crippen molar-refractivity contribution in [1.29, 1.82) is 0 Å². The summed E-state index contributed by atoms with van der Waals surface area (Å²) in [6.45, 7) is 0. The van der Waals surface area contributed by atoms with Gasteiger partial charge in [-0.1, -0.05) is 24.3 Å². The van der Waals surface area contributed by atoms with Gasteiger partial charge in [0.2, 0.25) is 5.78 Å². The first-order valence-corrected chi connectivity index (χ1v) is 8.17. The number of hydrogen-bond donors (Lipinski definition) is 1. The van der Waals surface area contributed by atoms with Crippen LogP contribution >= 0.6 is 11.8 Å². The number of fused-ring (bicyclic) bond motifs is 1. The van der Waals surface area contributed by atoms with Crippen LogP contribution in [0.1, 0.15) is 10.5 Å². The highest BCUT2D eigenvalue weighted by molar-refractivity contribution is 7.99. The average molecular weight is 312 g/mol. The number of H-pyrrole nitrogens is 1. The number of carbonyl (C=O) groups is 1. The third kappa shape index (κ3) is 2.53. The predicted octanol–water partition coefficient (Wildman–Crippen LogP) is 3.75. The van der Waals surface area contributed by atoms with Crippen LogP contribution in [0.15, 0.2) is 48.7 Å². The van der Waals surface area contributed by atoms with Crippen LogP contribution in [-0.4, -0.2) is 34.6 Å². The van der Waals surface area contributed by atoms with Gasteiger partial charge >= 0.3 is 0 Å². The summed E-state index contributed by atoms with van der Waals surface area (Å²) >= 11 is 1.37. The van der Waals surface area contributed by atoms with E-state index < -0.39 is 5.44 Å². The molecule has 0 saturated carbocycles. The highest BCUT2D eigenvalue weighted by Gasteiger charge is 2.25. The van der Waals surface area contributed by atoms with Crippen molar-refractivity contribution in [2.45, 2.75) is 5.44 Å². The van der Waals surface area contributed by atoms with E-state index in [9.17, 15) is 4.79 Å². The molecule has 1 unspecified atom stereocenters. The fourth-order valence-corrected chi connectivity index (χ4v) is 3.06. The molecule has 0 aliphatic rings. The Hall–Kier alpha value is -2.11. The van der Waals surface area contributed by atoms with Crippen molar-refractivity contribution in [3.63, 3.8) is 0 Å². The van der Waals surface area contributed by atoms with E-state index in [-0.39, 0.29) is 5.78 Å². The molecule has 0 saturated heterocycles. The minimum Gasteiger partial charge on any atom is -0.362 e. The molecule has 112 valence electrons. The molecule has 2 heterocycles. The maximum atomic E-state index is 12.8. The Morgan fingerprint density at radius 3 is 2.68 bits per heavy atom. The summed E-state index contributed by atoms with van der Waals surface area (Å²) in [5.41, 5.74) is 2.54. The molecule has 0 aliphatic carbocycles. The normalized spacial score (nSPS) is 12.5. The van der Waals surface area contributed by atoms with Crippen LogP contribution in [0.25, 0.3) is 22.2 Å². The molecule has 0 bridgehead atoms. The van der Waals surface area contributed by atoms with E-state index in [1.54, 1.807) is 13.3 Å². The summed E-state index contributed by atoms with van der Waals surface area (Å²) in [5.74, 6) is -0.0770. The second-order valence-electron chi connectivity index (χ2n) is 4.80. The number of carbonyl (C=O) groups excluding carboxylic acids is 1. The van der Waals surface area contributed by atoms with Crippen molar-refractivity contribution in [2.24, 2.45) is 0 Å². The standard InChI is InChI=1S/C17H16N2O2S/c1-21-17(22-2)16(20)15-14(13-9-5-6-10-18-13)11-7-3-4-8-12(11)19-15/h3-10,17,19H,1-2H3. The quantitative estimate of drug-likeness (QED) is 0.576. The lowest BCUT2D eigenvalue weighted by atomic mass is 10.0. The van der Waals surface area contributed by atoms with E-state index in [0.29, 0.717) is 5.69 Å². The number of ether oxygens (including phenoxy) is 1. The van der Waals surface area contributed by atoms with E-state index in [2.05, 4.69) is 9.97 Å². The first kappa shape index (κ1) is 14.8. The molecule has 3 aromatic rings. The van der Waals surface area contributed by atoms with Crippen molar-refractivity contribution in [3.8, 4) is 11.3 Å². The molecule has 3 rings (SSSR count).